The molecule has 5 rings (SSSR count). The molecule has 0 spiro atoms. The zero-order valence-electron chi connectivity index (χ0n) is 19.5. The van der Waals surface area contributed by atoms with Gasteiger partial charge in [-0.1, -0.05) is 35.8 Å². The van der Waals surface area contributed by atoms with Crippen molar-refractivity contribution in [3.8, 4) is 0 Å². The molecule has 1 saturated heterocycles. The highest BCUT2D eigenvalue weighted by Gasteiger charge is 2.37. The second-order valence-electron chi connectivity index (χ2n) is 9.42. The van der Waals surface area contributed by atoms with Crippen LogP contribution in [0.25, 0.3) is 10.1 Å². The second kappa shape index (κ2) is 9.41. The predicted octanol–water partition coefficient (Wildman–Crippen LogP) is 5.71. The number of alkyl halides is 3. The third-order valence-corrected chi connectivity index (χ3v) is 8.32. The molecule has 0 amide bonds. The quantitative estimate of drug-likeness (QED) is 0.316. The number of non-ortho nitro benzene ring substituents is 1. The summed E-state index contributed by atoms with van der Waals surface area (Å²) >= 11 is 0.870. The monoisotopic (exact) mass is 523 g/mol. The highest BCUT2D eigenvalue weighted by molar-refractivity contribution is 7.22. The van der Waals surface area contributed by atoms with Gasteiger partial charge in [-0.15, -0.1) is 0 Å². The number of hydrogen-bond donors (Lipinski definition) is 0. The molecular weight excluding hydrogens is 499 g/mol. The number of fused-ring (bicyclic) bond motifs is 1. The molecule has 0 radical (unpaired) electrons. The SMILES string of the molecule is Cc1c(C(F)(F)F)cc([N+](=O)[O-])c2sc(N3CCC(c4nc(C5CCCCC5)no4)CC3)nc(=O)c12. The van der Waals surface area contributed by atoms with Gasteiger partial charge in [0.15, 0.2) is 11.0 Å². The van der Waals surface area contributed by atoms with E-state index in [-0.39, 0.29) is 26.7 Å². The number of hydrogen-bond acceptors (Lipinski definition) is 9. The number of anilines is 1. The Kier molecular flexibility index (Phi) is 6.43. The van der Waals surface area contributed by atoms with E-state index in [1.54, 1.807) is 0 Å². The first-order valence-corrected chi connectivity index (χ1v) is 12.7. The van der Waals surface area contributed by atoms with Crippen molar-refractivity contribution in [1.82, 2.24) is 15.1 Å². The van der Waals surface area contributed by atoms with E-state index in [1.807, 2.05) is 4.90 Å². The van der Waals surface area contributed by atoms with Gasteiger partial charge >= 0.3 is 6.18 Å². The Hall–Kier alpha value is -3.09. The molecule has 2 aliphatic rings. The molecule has 0 atom stereocenters. The van der Waals surface area contributed by atoms with Crippen LogP contribution in [0.2, 0.25) is 0 Å². The Morgan fingerprint density at radius 3 is 2.44 bits per heavy atom. The van der Waals surface area contributed by atoms with Crippen molar-refractivity contribution in [3.63, 3.8) is 0 Å². The third-order valence-electron chi connectivity index (χ3n) is 7.17. The van der Waals surface area contributed by atoms with Gasteiger partial charge in [-0.05, 0) is 38.2 Å². The number of halogens is 3. The molecule has 0 N–H and O–H groups in total. The minimum absolute atomic E-state index is 0.0502. The molecule has 192 valence electrons. The number of aromatic nitrogens is 3. The zero-order valence-corrected chi connectivity index (χ0v) is 20.3. The maximum atomic E-state index is 13.4. The number of piperidine rings is 1. The molecule has 36 heavy (non-hydrogen) atoms. The number of aryl methyl sites for hydroxylation is 1. The van der Waals surface area contributed by atoms with Crippen molar-refractivity contribution in [2.45, 2.75) is 69.9 Å². The van der Waals surface area contributed by atoms with Crippen LogP contribution < -0.4 is 10.5 Å². The summed E-state index contributed by atoms with van der Waals surface area (Å²) in [4.78, 5) is 34.0. The fraction of sp³-hybridized carbons (Fsp3) is 0.565. The van der Waals surface area contributed by atoms with Gasteiger partial charge in [0, 0.05) is 31.0 Å². The Morgan fingerprint density at radius 1 is 1.11 bits per heavy atom. The molecule has 2 aromatic heterocycles. The number of nitrogens with zero attached hydrogens (tertiary/aromatic N) is 5. The summed E-state index contributed by atoms with van der Waals surface area (Å²) in [7, 11) is 0. The van der Waals surface area contributed by atoms with Crippen molar-refractivity contribution < 1.29 is 22.6 Å². The van der Waals surface area contributed by atoms with E-state index in [0.717, 1.165) is 36.9 Å². The lowest BCUT2D eigenvalue weighted by atomic mass is 9.89. The fourth-order valence-corrected chi connectivity index (χ4v) is 6.39. The van der Waals surface area contributed by atoms with Crippen LogP contribution in [0.3, 0.4) is 0 Å². The summed E-state index contributed by atoms with van der Waals surface area (Å²) in [5.74, 6) is 1.75. The smallest absolute Gasteiger partial charge is 0.348 e. The number of nitro groups is 1. The first-order valence-electron chi connectivity index (χ1n) is 11.9. The first kappa shape index (κ1) is 24.6. The van der Waals surface area contributed by atoms with Crippen LogP contribution in [0.5, 0.6) is 0 Å². The normalized spacial score (nSPS) is 18.2. The molecule has 13 heteroatoms. The fourth-order valence-electron chi connectivity index (χ4n) is 5.18. The standard InChI is InChI=1S/C23H24F3N5O4S/c1-12-15(23(24,25)26)11-16(31(33)34)18-17(12)20(32)28-22(36-18)30-9-7-14(8-10-30)21-27-19(29-35-21)13-5-3-2-4-6-13/h11,13-14H,2-10H2,1H3. The van der Waals surface area contributed by atoms with Crippen LogP contribution in [-0.2, 0) is 6.18 Å². The second-order valence-corrected chi connectivity index (χ2v) is 10.4. The topological polar surface area (TPSA) is 115 Å². The average molecular weight is 524 g/mol. The van der Waals surface area contributed by atoms with Gasteiger partial charge in [0.1, 0.15) is 4.70 Å². The predicted molar refractivity (Wildman–Crippen MR) is 127 cm³/mol. The molecule has 1 aliphatic heterocycles. The molecule has 3 aromatic rings. The van der Waals surface area contributed by atoms with Crippen molar-refractivity contribution >= 4 is 32.2 Å². The van der Waals surface area contributed by atoms with E-state index >= 15 is 0 Å². The summed E-state index contributed by atoms with van der Waals surface area (Å²) in [5.41, 5.74) is -3.20. The van der Waals surface area contributed by atoms with Gasteiger partial charge < -0.3 is 9.42 Å². The van der Waals surface area contributed by atoms with Crippen LogP contribution in [0.15, 0.2) is 15.4 Å². The number of rotatable bonds is 4. The zero-order chi connectivity index (χ0) is 25.6. The molecule has 1 aromatic carbocycles. The van der Waals surface area contributed by atoms with Crippen LogP contribution in [-0.4, -0.2) is 33.1 Å². The maximum Gasteiger partial charge on any atom is 0.416 e. The Morgan fingerprint density at radius 2 is 1.81 bits per heavy atom. The summed E-state index contributed by atoms with van der Waals surface area (Å²) in [6.07, 6.45) is 2.20. The van der Waals surface area contributed by atoms with E-state index in [2.05, 4.69) is 15.1 Å². The average Bonchev–Trinajstić information content (AvgIpc) is 3.34. The lowest BCUT2D eigenvalue weighted by Crippen LogP contribution is -2.34. The third kappa shape index (κ3) is 4.56. The number of nitro benzene ring substituents is 1. The molecular formula is C23H24F3N5O4S. The van der Waals surface area contributed by atoms with E-state index in [9.17, 15) is 28.1 Å². The lowest BCUT2D eigenvalue weighted by Gasteiger charge is -2.30. The van der Waals surface area contributed by atoms with Crippen LogP contribution in [0.4, 0.5) is 24.0 Å². The van der Waals surface area contributed by atoms with Gasteiger partial charge in [0.2, 0.25) is 5.89 Å². The number of benzene rings is 1. The van der Waals surface area contributed by atoms with Gasteiger partial charge in [-0.3, -0.25) is 14.9 Å². The van der Waals surface area contributed by atoms with Crippen molar-refractivity contribution in [2.24, 2.45) is 0 Å². The van der Waals surface area contributed by atoms with Gasteiger partial charge in [-0.2, -0.15) is 23.1 Å². The van der Waals surface area contributed by atoms with E-state index in [0.29, 0.717) is 43.8 Å². The van der Waals surface area contributed by atoms with Crippen molar-refractivity contribution in [3.05, 3.63) is 49.4 Å². The Bertz CT molecular complexity index is 1360. The van der Waals surface area contributed by atoms with Crippen LogP contribution >= 0.6 is 11.3 Å². The molecule has 1 aliphatic carbocycles. The molecule has 9 nitrogen and oxygen atoms in total. The first-order chi connectivity index (χ1) is 17.1. The molecule has 1 saturated carbocycles. The molecule has 0 unspecified atom stereocenters. The highest BCUT2D eigenvalue weighted by atomic mass is 32.1. The minimum atomic E-state index is -4.83. The van der Waals surface area contributed by atoms with Gasteiger partial charge in [-0.25, -0.2) is 0 Å². The summed E-state index contributed by atoms with van der Waals surface area (Å²) in [5, 5.41) is 15.7. The van der Waals surface area contributed by atoms with Gasteiger partial charge in [0.25, 0.3) is 11.2 Å². The molecule has 3 heterocycles. The Balaban J connectivity index is 1.39. The van der Waals surface area contributed by atoms with E-state index in [1.165, 1.54) is 19.3 Å². The van der Waals surface area contributed by atoms with Crippen molar-refractivity contribution in [2.75, 3.05) is 18.0 Å². The van der Waals surface area contributed by atoms with Gasteiger partial charge in [0.05, 0.1) is 15.9 Å². The largest absolute Gasteiger partial charge is 0.416 e. The van der Waals surface area contributed by atoms with E-state index < -0.39 is 27.9 Å². The van der Waals surface area contributed by atoms with Crippen LogP contribution in [0, 0.1) is 17.0 Å². The van der Waals surface area contributed by atoms with Crippen molar-refractivity contribution in [1.29, 1.82) is 0 Å². The van der Waals surface area contributed by atoms with E-state index in [4.69, 9.17) is 4.52 Å². The lowest BCUT2D eigenvalue weighted by molar-refractivity contribution is -0.383. The Labute approximate surface area is 207 Å². The minimum Gasteiger partial charge on any atom is -0.348 e. The molecule has 2 fully saturated rings. The summed E-state index contributed by atoms with van der Waals surface area (Å²) < 4.78 is 45.8. The maximum absolute atomic E-state index is 13.4. The summed E-state index contributed by atoms with van der Waals surface area (Å²) in [6.45, 7) is 2.13. The summed E-state index contributed by atoms with van der Waals surface area (Å²) in [6, 6.07) is 0.503. The van der Waals surface area contributed by atoms with Crippen LogP contribution in [0.1, 0.15) is 79.6 Å². The highest BCUT2D eigenvalue weighted by Crippen LogP contribution is 2.42. The molecule has 0 bridgehead atoms.